The highest BCUT2D eigenvalue weighted by atomic mass is 79.9. The number of thiazole rings is 2. The molecule has 0 saturated carbocycles. The van der Waals surface area contributed by atoms with Gasteiger partial charge in [0.25, 0.3) is 0 Å². The maximum atomic E-state index is 4.72. The molecule has 0 aliphatic heterocycles. The second-order valence-electron chi connectivity index (χ2n) is 4.29. The van der Waals surface area contributed by atoms with Crippen molar-refractivity contribution in [1.82, 2.24) is 14.4 Å². The van der Waals surface area contributed by atoms with Crippen LogP contribution in [0.3, 0.4) is 0 Å². The molecule has 0 saturated heterocycles. The zero-order valence-electron chi connectivity index (χ0n) is 10.6. The zero-order chi connectivity index (χ0) is 13.4. The summed E-state index contributed by atoms with van der Waals surface area (Å²) < 4.78 is 2.14. The van der Waals surface area contributed by atoms with Crippen LogP contribution in [0.5, 0.6) is 0 Å². The fraction of sp³-hybridized carbons (Fsp3) is 0.333. The van der Waals surface area contributed by atoms with E-state index in [2.05, 4.69) is 55.8 Å². The van der Waals surface area contributed by atoms with E-state index in [4.69, 9.17) is 4.98 Å². The summed E-state index contributed by atoms with van der Waals surface area (Å²) in [7, 11) is 2.08. The van der Waals surface area contributed by atoms with Gasteiger partial charge in [0, 0.05) is 28.8 Å². The Morgan fingerprint density at radius 1 is 1.42 bits per heavy atom. The van der Waals surface area contributed by atoms with Gasteiger partial charge < -0.3 is 4.90 Å². The highest BCUT2D eigenvalue weighted by Crippen LogP contribution is 2.27. The van der Waals surface area contributed by atoms with E-state index in [1.54, 1.807) is 22.7 Å². The van der Waals surface area contributed by atoms with Gasteiger partial charge in [-0.3, -0.25) is 4.40 Å². The van der Waals surface area contributed by atoms with Crippen LogP contribution in [-0.4, -0.2) is 21.4 Å². The molecule has 0 bridgehead atoms. The Hall–Kier alpha value is -0.920. The third-order valence-corrected chi connectivity index (χ3v) is 5.26. The fourth-order valence-corrected chi connectivity index (χ4v) is 4.10. The average molecular weight is 357 g/mol. The van der Waals surface area contributed by atoms with Crippen LogP contribution in [0, 0.1) is 6.92 Å². The van der Waals surface area contributed by atoms with E-state index in [1.807, 2.05) is 5.51 Å². The van der Waals surface area contributed by atoms with Crippen molar-refractivity contribution in [3.63, 3.8) is 0 Å². The first-order valence-corrected chi connectivity index (χ1v) is 8.69. The van der Waals surface area contributed by atoms with Crippen LogP contribution in [0.1, 0.15) is 16.3 Å². The Morgan fingerprint density at radius 2 is 2.26 bits per heavy atom. The summed E-state index contributed by atoms with van der Waals surface area (Å²) in [6.07, 6.45) is 2.07. The third kappa shape index (κ3) is 2.30. The number of aromatic nitrogens is 3. The molecular weight excluding hydrogens is 344 g/mol. The number of aryl methyl sites for hydroxylation is 1. The summed E-state index contributed by atoms with van der Waals surface area (Å²) in [4.78, 5) is 13.5. The molecule has 19 heavy (non-hydrogen) atoms. The number of hydrogen-bond donors (Lipinski definition) is 0. The predicted octanol–water partition coefficient (Wildman–Crippen LogP) is 3.69. The summed E-state index contributed by atoms with van der Waals surface area (Å²) >= 11 is 6.92. The number of anilines is 1. The van der Waals surface area contributed by atoms with Gasteiger partial charge in [0.1, 0.15) is 0 Å². The second kappa shape index (κ2) is 5.22. The average Bonchev–Trinajstić information content (AvgIpc) is 3.05. The van der Waals surface area contributed by atoms with Gasteiger partial charge in [0.05, 0.1) is 23.4 Å². The molecule has 3 aromatic rings. The second-order valence-corrected chi connectivity index (χ2v) is 6.66. The van der Waals surface area contributed by atoms with Gasteiger partial charge in [-0.2, -0.15) is 0 Å². The third-order valence-electron chi connectivity index (χ3n) is 3.05. The number of rotatable bonds is 4. The van der Waals surface area contributed by atoms with Crippen molar-refractivity contribution in [2.45, 2.75) is 18.8 Å². The zero-order valence-corrected chi connectivity index (χ0v) is 13.8. The minimum absolute atomic E-state index is 0.798. The van der Waals surface area contributed by atoms with Gasteiger partial charge in [-0.25, -0.2) is 9.97 Å². The number of alkyl halides is 1. The molecule has 3 heterocycles. The Labute approximate surface area is 127 Å². The van der Waals surface area contributed by atoms with E-state index in [9.17, 15) is 0 Å². The molecule has 3 aromatic heterocycles. The molecule has 0 N–H and O–H groups in total. The highest BCUT2D eigenvalue weighted by Gasteiger charge is 2.16. The smallest absolute Gasteiger partial charge is 0.195 e. The van der Waals surface area contributed by atoms with Crippen LogP contribution in [0.25, 0.3) is 4.96 Å². The fourth-order valence-electron chi connectivity index (χ4n) is 2.02. The van der Waals surface area contributed by atoms with Gasteiger partial charge in [0.15, 0.2) is 10.8 Å². The van der Waals surface area contributed by atoms with Gasteiger partial charge in [-0.15, -0.1) is 22.7 Å². The monoisotopic (exact) mass is 356 g/mol. The van der Waals surface area contributed by atoms with Crippen molar-refractivity contribution in [1.29, 1.82) is 0 Å². The van der Waals surface area contributed by atoms with Crippen molar-refractivity contribution in [2.24, 2.45) is 0 Å². The van der Waals surface area contributed by atoms with Crippen molar-refractivity contribution in [2.75, 3.05) is 11.9 Å². The van der Waals surface area contributed by atoms with E-state index in [0.29, 0.717) is 0 Å². The van der Waals surface area contributed by atoms with Crippen LogP contribution in [0.2, 0.25) is 0 Å². The topological polar surface area (TPSA) is 33.4 Å². The van der Waals surface area contributed by atoms with Gasteiger partial charge in [0.2, 0.25) is 0 Å². The maximum Gasteiger partial charge on any atom is 0.195 e. The molecule has 100 valence electrons. The van der Waals surface area contributed by atoms with E-state index in [1.165, 1.54) is 10.6 Å². The number of imidazole rings is 1. The molecule has 3 rings (SSSR count). The molecule has 7 heteroatoms. The Morgan fingerprint density at radius 3 is 2.95 bits per heavy atom. The molecule has 0 fully saturated rings. The van der Waals surface area contributed by atoms with Crippen molar-refractivity contribution < 1.29 is 0 Å². The van der Waals surface area contributed by atoms with Crippen LogP contribution in [0.4, 0.5) is 5.82 Å². The molecule has 0 spiro atoms. The summed E-state index contributed by atoms with van der Waals surface area (Å²) in [5, 5.41) is 2.86. The summed E-state index contributed by atoms with van der Waals surface area (Å²) in [5.74, 6) is 1.04. The Kier molecular flexibility index (Phi) is 3.60. The molecule has 0 aliphatic carbocycles. The summed E-state index contributed by atoms with van der Waals surface area (Å²) in [6, 6.07) is 0. The maximum absolute atomic E-state index is 4.72. The first-order valence-electron chi connectivity index (χ1n) is 5.81. The molecule has 0 unspecified atom stereocenters. The lowest BCUT2D eigenvalue weighted by molar-refractivity contribution is 0.898. The lowest BCUT2D eigenvalue weighted by Crippen LogP contribution is -2.18. The Bertz CT molecular complexity index is 700. The summed E-state index contributed by atoms with van der Waals surface area (Å²) in [5.41, 5.74) is 4.20. The van der Waals surface area contributed by atoms with Crippen molar-refractivity contribution >= 4 is 49.4 Å². The largest absolute Gasteiger partial charge is 0.353 e. The number of fused-ring (bicyclic) bond motifs is 1. The number of hydrogen-bond acceptors (Lipinski definition) is 5. The van der Waals surface area contributed by atoms with E-state index in [0.717, 1.165) is 28.3 Å². The van der Waals surface area contributed by atoms with Gasteiger partial charge in [-0.05, 0) is 6.92 Å². The standard InChI is InChI=1S/C12H13BrN4S2/c1-8-10(19-7-14-8)6-16(2)11-9(5-13)17-3-4-18-12(17)15-11/h3-4,7H,5-6H2,1-2H3. The quantitative estimate of drug-likeness (QED) is 0.668. The van der Waals surface area contributed by atoms with Crippen LogP contribution < -0.4 is 4.90 Å². The van der Waals surface area contributed by atoms with Crippen LogP contribution in [-0.2, 0) is 11.9 Å². The Balaban J connectivity index is 1.94. The SMILES string of the molecule is Cc1ncsc1CN(C)c1nc2sccn2c1CBr. The molecule has 4 nitrogen and oxygen atoms in total. The lowest BCUT2D eigenvalue weighted by atomic mass is 10.3. The minimum Gasteiger partial charge on any atom is -0.353 e. The molecular formula is C12H13BrN4S2. The van der Waals surface area contributed by atoms with E-state index < -0.39 is 0 Å². The number of halogens is 1. The molecule has 0 atom stereocenters. The highest BCUT2D eigenvalue weighted by molar-refractivity contribution is 9.08. The van der Waals surface area contributed by atoms with E-state index >= 15 is 0 Å². The first-order chi connectivity index (χ1) is 9.20. The molecule has 0 aromatic carbocycles. The molecule has 0 amide bonds. The van der Waals surface area contributed by atoms with Gasteiger partial charge in [-0.1, -0.05) is 15.9 Å². The lowest BCUT2D eigenvalue weighted by Gasteiger charge is -2.17. The van der Waals surface area contributed by atoms with Crippen molar-refractivity contribution in [3.8, 4) is 0 Å². The van der Waals surface area contributed by atoms with E-state index in [-0.39, 0.29) is 0 Å². The normalized spacial score (nSPS) is 11.3. The molecule has 0 radical (unpaired) electrons. The minimum atomic E-state index is 0.798. The van der Waals surface area contributed by atoms with Crippen molar-refractivity contribution in [3.05, 3.63) is 33.4 Å². The predicted molar refractivity (Wildman–Crippen MR) is 84.7 cm³/mol. The first kappa shape index (κ1) is 13.1. The van der Waals surface area contributed by atoms with Crippen LogP contribution in [0.15, 0.2) is 17.1 Å². The number of nitrogens with zero attached hydrogens (tertiary/aromatic N) is 4. The molecule has 0 aliphatic rings. The van der Waals surface area contributed by atoms with Gasteiger partial charge >= 0.3 is 0 Å². The van der Waals surface area contributed by atoms with Crippen LogP contribution >= 0.6 is 38.6 Å². The summed E-state index contributed by atoms with van der Waals surface area (Å²) in [6.45, 7) is 2.90.